The second kappa shape index (κ2) is 8.05. The van der Waals surface area contributed by atoms with Gasteiger partial charge in [0.1, 0.15) is 0 Å². The fraction of sp³-hybridized carbons (Fsp3) is 0.500. The number of nitrogens with one attached hydrogen (secondary N) is 2. The zero-order chi connectivity index (χ0) is 16.4. The van der Waals surface area contributed by atoms with Crippen molar-refractivity contribution in [2.24, 2.45) is 5.73 Å². The van der Waals surface area contributed by atoms with E-state index in [1.54, 1.807) is 23.1 Å². The van der Waals surface area contributed by atoms with Gasteiger partial charge in [0.15, 0.2) is 0 Å². The van der Waals surface area contributed by atoms with E-state index in [2.05, 4.69) is 10.6 Å². The summed E-state index contributed by atoms with van der Waals surface area (Å²) in [5.41, 5.74) is 6.97. The molecular formula is C16H22Cl2N4O2. The number of anilines is 1. The molecule has 1 aliphatic heterocycles. The largest absolute Gasteiger partial charge is 0.349 e. The molecule has 1 heterocycles. The van der Waals surface area contributed by atoms with E-state index in [1.807, 2.05) is 0 Å². The standard InChI is InChI=1S/C16H21ClN4O2.ClH/c17-14-6-5-12(21-8-7-19-16(21)23)9-13(14)15(22)20-11-3-1-10(18)2-4-11;/h5-6,9-11H,1-4,7-8,18H2,(H,19,23)(H,20,22);1H. The van der Waals surface area contributed by atoms with Gasteiger partial charge >= 0.3 is 6.03 Å². The van der Waals surface area contributed by atoms with E-state index in [1.165, 1.54) is 0 Å². The van der Waals surface area contributed by atoms with Crippen molar-refractivity contribution in [2.75, 3.05) is 18.0 Å². The van der Waals surface area contributed by atoms with E-state index in [0.29, 0.717) is 29.4 Å². The lowest BCUT2D eigenvalue weighted by Crippen LogP contribution is -2.40. The lowest BCUT2D eigenvalue weighted by Gasteiger charge is -2.27. The Kier molecular flexibility index (Phi) is 6.32. The normalized spacial score (nSPS) is 23.4. The number of nitrogens with two attached hydrogens (primary N) is 1. The molecule has 0 unspecified atom stereocenters. The molecule has 8 heteroatoms. The molecule has 6 nitrogen and oxygen atoms in total. The van der Waals surface area contributed by atoms with E-state index in [9.17, 15) is 9.59 Å². The molecule has 3 rings (SSSR count). The Morgan fingerprint density at radius 1 is 1.29 bits per heavy atom. The number of carbonyl (C=O) groups excluding carboxylic acids is 2. The van der Waals surface area contributed by atoms with Crippen LogP contribution in [-0.2, 0) is 0 Å². The molecule has 0 bridgehead atoms. The van der Waals surface area contributed by atoms with E-state index in [0.717, 1.165) is 25.7 Å². The minimum atomic E-state index is -0.197. The second-order valence-electron chi connectivity index (χ2n) is 6.13. The highest BCUT2D eigenvalue weighted by atomic mass is 35.5. The van der Waals surface area contributed by atoms with Gasteiger partial charge in [-0.05, 0) is 43.9 Å². The van der Waals surface area contributed by atoms with Gasteiger partial charge in [0, 0.05) is 30.9 Å². The maximum absolute atomic E-state index is 12.5. The number of halogens is 2. The molecule has 1 aromatic rings. The molecule has 0 spiro atoms. The summed E-state index contributed by atoms with van der Waals surface area (Å²) in [4.78, 5) is 25.9. The van der Waals surface area contributed by atoms with Crippen LogP contribution >= 0.6 is 24.0 Å². The highest BCUT2D eigenvalue weighted by Gasteiger charge is 2.24. The van der Waals surface area contributed by atoms with E-state index in [4.69, 9.17) is 17.3 Å². The fourth-order valence-electron chi connectivity index (χ4n) is 3.10. The first-order chi connectivity index (χ1) is 11.0. The van der Waals surface area contributed by atoms with E-state index in [-0.39, 0.29) is 36.4 Å². The average Bonchev–Trinajstić information content (AvgIpc) is 2.96. The first-order valence-corrected chi connectivity index (χ1v) is 8.34. The third-order valence-electron chi connectivity index (χ3n) is 4.47. The molecule has 24 heavy (non-hydrogen) atoms. The number of amides is 3. The van der Waals surface area contributed by atoms with Gasteiger partial charge in [0.2, 0.25) is 0 Å². The second-order valence-corrected chi connectivity index (χ2v) is 6.54. The predicted molar refractivity (Wildman–Crippen MR) is 97.1 cm³/mol. The number of carbonyl (C=O) groups is 2. The summed E-state index contributed by atoms with van der Waals surface area (Å²) in [6.45, 7) is 1.19. The zero-order valence-corrected chi connectivity index (χ0v) is 14.8. The number of rotatable bonds is 3. The van der Waals surface area contributed by atoms with Crippen molar-refractivity contribution in [2.45, 2.75) is 37.8 Å². The number of hydrogen-bond donors (Lipinski definition) is 3. The van der Waals surface area contributed by atoms with Gasteiger partial charge in [-0.3, -0.25) is 9.69 Å². The van der Waals surface area contributed by atoms with E-state index >= 15 is 0 Å². The quantitative estimate of drug-likeness (QED) is 0.760. The highest BCUT2D eigenvalue weighted by molar-refractivity contribution is 6.34. The van der Waals surface area contributed by atoms with Gasteiger partial charge < -0.3 is 16.4 Å². The van der Waals surface area contributed by atoms with Crippen LogP contribution < -0.4 is 21.3 Å². The molecule has 0 radical (unpaired) electrons. The van der Waals surface area contributed by atoms with Crippen molar-refractivity contribution in [3.63, 3.8) is 0 Å². The maximum atomic E-state index is 12.5. The predicted octanol–water partition coefficient (Wildman–Crippen LogP) is 2.29. The first-order valence-electron chi connectivity index (χ1n) is 7.96. The van der Waals surface area contributed by atoms with Crippen molar-refractivity contribution in [3.8, 4) is 0 Å². The Bertz CT molecular complexity index is 618. The lowest BCUT2D eigenvalue weighted by atomic mass is 9.91. The van der Waals surface area contributed by atoms with Crippen molar-refractivity contribution >= 4 is 41.6 Å². The molecule has 3 amide bonds. The Labute approximate surface area is 152 Å². The van der Waals surface area contributed by atoms with Crippen LogP contribution in [0.3, 0.4) is 0 Å². The summed E-state index contributed by atoms with van der Waals surface area (Å²) in [6.07, 6.45) is 3.62. The molecule has 0 atom stereocenters. The lowest BCUT2D eigenvalue weighted by molar-refractivity contribution is 0.0926. The Morgan fingerprint density at radius 3 is 2.62 bits per heavy atom. The Balaban J connectivity index is 0.00000208. The zero-order valence-electron chi connectivity index (χ0n) is 13.3. The number of urea groups is 1. The molecule has 0 aromatic heterocycles. The molecule has 4 N–H and O–H groups in total. The number of benzene rings is 1. The van der Waals surface area contributed by atoms with Crippen LogP contribution in [0, 0.1) is 0 Å². The molecule has 1 aliphatic carbocycles. The van der Waals surface area contributed by atoms with Crippen LogP contribution in [0.5, 0.6) is 0 Å². The molecule has 132 valence electrons. The molecule has 1 aromatic carbocycles. The number of hydrogen-bond acceptors (Lipinski definition) is 3. The third kappa shape index (κ3) is 4.12. The van der Waals surface area contributed by atoms with Crippen molar-refractivity contribution in [1.29, 1.82) is 0 Å². The molecular weight excluding hydrogens is 351 g/mol. The van der Waals surface area contributed by atoms with Gasteiger partial charge in [-0.15, -0.1) is 12.4 Å². The molecule has 2 fully saturated rings. The Morgan fingerprint density at radius 2 is 2.00 bits per heavy atom. The summed E-state index contributed by atoms with van der Waals surface area (Å²) >= 11 is 6.18. The minimum absolute atomic E-state index is 0. The summed E-state index contributed by atoms with van der Waals surface area (Å²) in [5.74, 6) is -0.197. The molecule has 2 aliphatic rings. The minimum Gasteiger partial charge on any atom is -0.349 e. The van der Waals surface area contributed by atoms with Gasteiger partial charge in [0.25, 0.3) is 5.91 Å². The molecule has 1 saturated heterocycles. The fourth-order valence-corrected chi connectivity index (χ4v) is 3.30. The monoisotopic (exact) mass is 372 g/mol. The number of nitrogens with zero attached hydrogens (tertiary/aromatic N) is 1. The van der Waals surface area contributed by atoms with Gasteiger partial charge in [-0.25, -0.2) is 4.79 Å². The summed E-state index contributed by atoms with van der Waals surface area (Å²) in [5, 5.41) is 6.16. The highest BCUT2D eigenvalue weighted by Crippen LogP contribution is 2.25. The van der Waals surface area contributed by atoms with Crippen LogP contribution in [0.1, 0.15) is 36.0 Å². The van der Waals surface area contributed by atoms with Crippen LogP contribution in [0.15, 0.2) is 18.2 Å². The molecule has 1 saturated carbocycles. The average molecular weight is 373 g/mol. The van der Waals surface area contributed by atoms with Crippen LogP contribution in [0.25, 0.3) is 0 Å². The van der Waals surface area contributed by atoms with Crippen molar-refractivity contribution < 1.29 is 9.59 Å². The van der Waals surface area contributed by atoms with E-state index < -0.39 is 0 Å². The van der Waals surface area contributed by atoms with Crippen molar-refractivity contribution in [1.82, 2.24) is 10.6 Å². The van der Waals surface area contributed by atoms with Crippen molar-refractivity contribution in [3.05, 3.63) is 28.8 Å². The first kappa shape index (κ1) is 18.8. The maximum Gasteiger partial charge on any atom is 0.321 e. The smallest absolute Gasteiger partial charge is 0.321 e. The van der Waals surface area contributed by atoms with Gasteiger partial charge in [0.05, 0.1) is 10.6 Å². The van der Waals surface area contributed by atoms with Crippen LogP contribution in [0.4, 0.5) is 10.5 Å². The Hall–Kier alpha value is -1.50. The van der Waals surface area contributed by atoms with Gasteiger partial charge in [-0.1, -0.05) is 11.6 Å². The summed E-state index contributed by atoms with van der Waals surface area (Å²) < 4.78 is 0. The summed E-state index contributed by atoms with van der Waals surface area (Å²) in [6, 6.07) is 5.32. The third-order valence-corrected chi connectivity index (χ3v) is 4.80. The summed E-state index contributed by atoms with van der Waals surface area (Å²) in [7, 11) is 0. The topological polar surface area (TPSA) is 87.5 Å². The van der Waals surface area contributed by atoms with Gasteiger partial charge in [-0.2, -0.15) is 0 Å². The SMILES string of the molecule is Cl.NC1CCC(NC(=O)c2cc(N3CCNC3=O)ccc2Cl)CC1. The van der Waals surface area contributed by atoms with Crippen LogP contribution in [-0.4, -0.2) is 37.1 Å². The van der Waals surface area contributed by atoms with Crippen LogP contribution in [0.2, 0.25) is 5.02 Å².